The molecule has 0 spiro atoms. The van der Waals surface area contributed by atoms with Crippen LogP contribution in [0.1, 0.15) is 27.7 Å². The van der Waals surface area contributed by atoms with Crippen molar-refractivity contribution in [1.29, 1.82) is 0 Å². The minimum Gasteiger partial charge on any atom is -0.454 e. The summed E-state index contributed by atoms with van der Waals surface area (Å²) in [6.45, 7) is 12.1. The topological polar surface area (TPSA) is 53.9 Å². The van der Waals surface area contributed by atoms with Crippen LogP contribution in [-0.4, -0.2) is 29.7 Å². The molecule has 0 saturated heterocycles. The van der Waals surface area contributed by atoms with Crippen LogP contribution in [-0.2, 0) is 6.67 Å². The fourth-order valence-corrected chi connectivity index (χ4v) is 3.32. The molecule has 25 heavy (non-hydrogen) atoms. The fourth-order valence-electron chi connectivity index (χ4n) is 3.13. The molecule has 0 fully saturated rings. The third-order valence-corrected chi connectivity index (χ3v) is 4.29. The molecule has 0 bridgehead atoms. The summed E-state index contributed by atoms with van der Waals surface area (Å²) in [7, 11) is 0. The van der Waals surface area contributed by atoms with Crippen LogP contribution in [0.2, 0.25) is 0 Å². The number of fused-ring (bicyclic) bond motifs is 1. The molecule has 7 heteroatoms. The molecule has 136 valence electrons. The first-order valence-corrected chi connectivity index (χ1v) is 9.14. The summed E-state index contributed by atoms with van der Waals surface area (Å²) in [6, 6.07) is 5.65. The molecule has 1 N–H and O–H groups in total. The maximum atomic E-state index is 5.73. The van der Waals surface area contributed by atoms with E-state index >= 15 is 0 Å². The molecule has 3 rings (SSSR count). The van der Waals surface area contributed by atoms with E-state index in [2.05, 4.69) is 32.8 Å². The maximum absolute atomic E-state index is 5.73. The molecule has 6 nitrogen and oxygen atoms in total. The monoisotopic (exact) mass is 364 g/mol. The zero-order chi connectivity index (χ0) is 18.0. The molecule has 0 unspecified atom stereocenters. The van der Waals surface area contributed by atoms with E-state index in [9.17, 15) is 0 Å². The molecule has 0 atom stereocenters. The lowest BCUT2D eigenvalue weighted by molar-refractivity contribution is -0.929. The molecule has 1 aromatic carbocycles. The van der Waals surface area contributed by atoms with Crippen molar-refractivity contribution in [3.8, 4) is 23.0 Å². The largest absolute Gasteiger partial charge is 0.454 e. The van der Waals surface area contributed by atoms with E-state index in [-0.39, 0.29) is 6.79 Å². The van der Waals surface area contributed by atoms with Crippen molar-refractivity contribution in [3.05, 3.63) is 23.0 Å². The van der Waals surface area contributed by atoms with Gasteiger partial charge in [0.05, 0.1) is 13.1 Å². The van der Waals surface area contributed by atoms with E-state index < -0.39 is 0 Å². The van der Waals surface area contributed by atoms with Gasteiger partial charge < -0.3 is 18.8 Å². The van der Waals surface area contributed by atoms with Crippen LogP contribution in [0.5, 0.6) is 11.5 Å². The van der Waals surface area contributed by atoms with E-state index in [0.29, 0.717) is 35.0 Å². The van der Waals surface area contributed by atoms with Gasteiger partial charge >= 0.3 is 0 Å². The summed E-state index contributed by atoms with van der Waals surface area (Å²) >= 11 is 5.38. The quantitative estimate of drug-likeness (QED) is 0.766. The van der Waals surface area contributed by atoms with Gasteiger partial charge in [0, 0.05) is 17.4 Å². The number of rotatable bonds is 7. The van der Waals surface area contributed by atoms with E-state index in [4.69, 9.17) is 26.1 Å². The molecule has 0 aliphatic carbocycles. The highest BCUT2D eigenvalue weighted by atomic mass is 32.1. The molecule has 0 amide bonds. The second-order valence-electron chi connectivity index (χ2n) is 7.34. The Morgan fingerprint density at radius 2 is 1.80 bits per heavy atom. The number of ether oxygens (including phenoxy) is 2. The van der Waals surface area contributed by atoms with E-state index in [1.807, 2.05) is 18.2 Å². The highest BCUT2D eigenvalue weighted by Gasteiger charge is 2.19. The normalized spacial score (nSPS) is 13.4. The fraction of sp³-hybridized carbons (Fsp3) is 0.556. The highest BCUT2D eigenvalue weighted by molar-refractivity contribution is 7.71. The molecule has 1 aromatic heterocycles. The number of quaternary nitrogens is 1. The summed E-state index contributed by atoms with van der Waals surface area (Å²) in [4.78, 5) is 1.85. The van der Waals surface area contributed by atoms with Gasteiger partial charge in [0.2, 0.25) is 12.7 Å². The van der Waals surface area contributed by atoms with Crippen LogP contribution in [0, 0.1) is 16.7 Å². The zero-order valence-electron chi connectivity index (χ0n) is 15.2. The molecular formula is C18H26N3O3S+. The van der Waals surface area contributed by atoms with Crippen LogP contribution in [0.15, 0.2) is 22.6 Å². The Morgan fingerprint density at radius 1 is 1.12 bits per heavy atom. The number of nitrogens with one attached hydrogen (secondary N) is 1. The molecule has 0 saturated carbocycles. The Balaban J connectivity index is 1.80. The number of hydrogen-bond acceptors (Lipinski definition) is 5. The van der Waals surface area contributed by atoms with Gasteiger partial charge in [0.1, 0.15) is 0 Å². The van der Waals surface area contributed by atoms with Gasteiger partial charge in [-0.1, -0.05) is 27.7 Å². The number of aromatic nitrogens is 2. The second-order valence-corrected chi connectivity index (χ2v) is 7.69. The minimum absolute atomic E-state index is 0.249. The predicted octanol–water partition coefficient (Wildman–Crippen LogP) is 2.76. The smallest absolute Gasteiger partial charge is 0.292 e. The summed E-state index contributed by atoms with van der Waals surface area (Å²) < 4.78 is 18.3. The van der Waals surface area contributed by atoms with Crippen LogP contribution < -0.4 is 14.4 Å². The third kappa shape index (κ3) is 4.41. The summed E-state index contributed by atoms with van der Waals surface area (Å²) in [5.74, 6) is 3.19. The molecule has 0 radical (unpaired) electrons. The Hall–Kier alpha value is -1.86. The van der Waals surface area contributed by atoms with Crippen LogP contribution in [0.3, 0.4) is 0 Å². The number of benzene rings is 1. The molecular weight excluding hydrogens is 338 g/mol. The lowest BCUT2D eigenvalue weighted by Gasteiger charge is -2.22. The molecule has 2 aromatic rings. The van der Waals surface area contributed by atoms with E-state index in [1.165, 1.54) is 4.90 Å². The van der Waals surface area contributed by atoms with E-state index in [1.54, 1.807) is 4.68 Å². The first kappa shape index (κ1) is 17.9. The van der Waals surface area contributed by atoms with Crippen molar-refractivity contribution in [2.75, 3.05) is 19.9 Å². The zero-order valence-corrected chi connectivity index (χ0v) is 16.1. The van der Waals surface area contributed by atoms with Crippen molar-refractivity contribution in [2.45, 2.75) is 34.4 Å². The summed E-state index contributed by atoms with van der Waals surface area (Å²) in [6.07, 6.45) is 0. The van der Waals surface area contributed by atoms with Crippen molar-refractivity contribution in [1.82, 2.24) is 9.78 Å². The van der Waals surface area contributed by atoms with Crippen LogP contribution in [0.4, 0.5) is 0 Å². The third-order valence-electron chi connectivity index (χ3n) is 3.99. The van der Waals surface area contributed by atoms with Crippen LogP contribution in [0.25, 0.3) is 11.5 Å². The van der Waals surface area contributed by atoms with Gasteiger partial charge in [-0.05, 0) is 30.4 Å². The standard InChI is InChI=1S/C18H25N3O3S/c1-12(2)8-20(9-13(3)4)10-21-18(25)24-17(19-21)14-5-6-15-16(7-14)23-11-22-15/h5-7,12-13H,8-11H2,1-4H3/p+1. The first-order valence-electron chi connectivity index (χ1n) is 8.74. The van der Waals surface area contributed by atoms with Crippen molar-refractivity contribution < 1.29 is 18.8 Å². The Bertz CT molecular complexity index is 772. The van der Waals surface area contributed by atoms with Gasteiger partial charge in [0.25, 0.3) is 4.84 Å². The maximum Gasteiger partial charge on any atom is 0.292 e. The molecule has 1 aliphatic rings. The second kappa shape index (κ2) is 7.58. The minimum atomic E-state index is 0.249. The van der Waals surface area contributed by atoms with Crippen molar-refractivity contribution >= 4 is 12.2 Å². The Labute approximate surface area is 153 Å². The Morgan fingerprint density at radius 3 is 2.48 bits per heavy atom. The lowest BCUT2D eigenvalue weighted by atomic mass is 10.1. The predicted molar refractivity (Wildman–Crippen MR) is 97.3 cm³/mol. The SMILES string of the molecule is CC(C)C[NH+](CC(C)C)Cn1nc(-c2ccc3c(c2)OCO3)oc1=S. The average Bonchev–Trinajstić information content (AvgIpc) is 3.12. The first-order chi connectivity index (χ1) is 11.9. The van der Waals surface area contributed by atoms with Gasteiger partial charge in [-0.15, -0.1) is 5.10 Å². The Kier molecular flexibility index (Phi) is 5.44. The number of hydrogen-bond donors (Lipinski definition) is 1. The van der Waals surface area contributed by atoms with Gasteiger partial charge in [0.15, 0.2) is 18.2 Å². The van der Waals surface area contributed by atoms with Crippen LogP contribution >= 0.6 is 12.2 Å². The molecule has 2 heterocycles. The lowest BCUT2D eigenvalue weighted by Crippen LogP contribution is -3.12. The van der Waals surface area contributed by atoms with Gasteiger partial charge in [-0.3, -0.25) is 0 Å². The average molecular weight is 364 g/mol. The molecule has 1 aliphatic heterocycles. The van der Waals surface area contributed by atoms with Gasteiger partial charge in [-0.25, -0.2) is 0 Å². The highest BCUT2D eigenvalue weighted by Crippen LogP contribution is 2.35. The van der Waals surface area contributed by atoms with E-state index in [0.717, 1.165) is 24.4 Å². The van der Waals surface area contributed by atoms with Crippen molar-refractivity contribution in [3.63, 3.8) is 0 Å². The van der Waals surface area contributed by atoms with Crippen molar-refractivity contribution in [2.24, 2.45) is 11.8 Å². The number of nitrogens with zero attached hydrogens (tertiary/aromatic N) is 2. The van der Waals surface area contributed by atoms with Gasteiger partial charge in [-0.2, -0.15) is 4.68 Å². The summed E-state index contributed by atoms with van der Waals surface area (Å²) in [5, 5.41) is 4.59. The summed E-state index contributed by atoms with van der Waals surface area (Å²) in [5.41, 5.74) is 0.836.